The van der Waals surface area contributed by atoms with Crippen LogP contribution in [0.15, 0.2) is 35.5 Å². The van der Waals surface area contributed by atoms with Crippen molar-refractivity contribution >= 4 is 21.7 Å². The number of pyridine rings is 1. The van der Waals surface area contributed by atoms with Gasteiger partial charge in [0.25, 0.3) is 15.9 Å². The van der Waals surface area contributed by atoms with Crippen molar-refractivity contribution in [3.8, 4) is 11.7 Å². The van der Waals surface area contributed by atoms with Crippen LogP contribution in [0, 0.1) is 18.3 Å². The number of rotatable bonds is 5. The van der Waals surface area contributed by atoms with Crippen molar-refractivity contribution in [1.82, 2.24) is 24.6 Å². The highest BCUT2D eigenvalue weighted by Gasteiger charge is 2.62. The van der Waals surface area contributed by atoms with Gasteiger partial charge >= 0.3 is 6.18 Å². The summed E-state index contributed by atoms with van der Waals surface area (Å²) >= 11 is 0. The standard InChI is InChI=1S/C28H34F3N7O4S/c1-18-21-16-32-37(18)12-4-5-19-15-26(2,3)36(17-19)24-20(25(39)35-43(21,40)41)6-7-22(33-24)38-13-8-23(34-38)42-14-11-27(9-10-27)28(29,30)31/h6-8,13,16,19H,4-5,9-12,14-15,17H2,1-3H3,(H,35,39)/p+1. The second-order valence-electron chi connectivity index (χ2n) is 12.5. The molecule has 6 rings (SSSR count). The molecule has 1 amide bonds. The lowest BCUT2D eigenvalue weighted by Gasteiger charge is -2.34. The number of hydrogen-bond donors (Lipinski definition) is 2. The molecule has 15 heteroatoms. The first-order valence-corrected chi connectivity index (χ1v) is 15.9. The van der Waals surface area contributed by atoms with Crippen LogP contribution in [-0.4, -0.2) is 59.1 Å². The first-order chi connectivity index (χ1) is 20.2. The number of hydrogen-bond acceptors (Lipinski definition) is 7. The summed E-state index contributed by atoms with van der Waals surface area (Å²) in [6.07, 6.45) is 1.42. The van der Waals surface area contributed by atoms with E-state index in [2.05, 4.69) is 28.8 Å². The van der Waals surface area contributed by atoms with Crippen molar-refractivity contribution in [1.29, 1.82) is 0 Å². The summed E-state index contributed by atoms with van der Waals surface area (Å²) in [7, 11) is -4.18. The molecule has 2 aliphatic heterocycles. The van der Waals surface area contributed by atoms with Crippen molar-refractivity contribution in [2.45, 2.75) is 82.5 Å². The Bertz CT molecular complexity index is 1660. The third-order valence-corrected chi connectivity index (χ3v) is 10.5. The zero-order valence-electron chi connectivity index (χ0n) is 24.2. The van der Waals surface area contributed by atoms with Gasteiger partial charge in [-0.2, -0.15) is 18.3 Å². The van der Waals surface area contributed by atoms with E-state index in [0.29, 0.717) is 36.3 Å². The average molecular weight is 623 g/mol. The van der Waals surface area contributed by atoms with Gasteiger partial charge in [0.2, 0.25) is 11.6 Å². The lowest BCUT2D eigenvalue weighted by molar-refractivity contribution is -0.756. The zero-order chi connectivity index (χ0) is 30.8. The molecule has 232 valence electrons. The number of aryl methyl sites for hydroxylation is 1. The number of halogens is 3. The number of nitrogens with zero attached hydrogens (tertiary/aromatic N) is 5. The molecule has 3 aromatic rings. The second kappa shape index (κ2) is 10.2. The van der Waals surface area contributed by atoms with Crippen LogP contribution in [-0.2, 0) is 16.6 Å². The van der Waals surface area contributed by atoms with Crippen LogP contribution in [0.2, 0.25) is 0 Å². The highest BCUT2D eigenvalue weighted by molar-refractivity contribution is 7.90. The first-order valence-electron chi connectivity index (χ1n) is 14.4. The van der Waals surface area contributed by atoms with Gasteiger partial charge in [0.1, 0.15) is 5.82 Å². The molecule has 3 aliphatic rings. The first kappa shape index (κ1) is 29.5. The Hall–Kier alpha value is -3.62. The van der Waals surface area contributed by atoms with E-state index >= 15 is 0 Å². The Balaban J connectivity index is 1.31. The van der Waals surface area contributed by atoms with Crippen molar-refractivity contribution in [3.63, 3.8) is 0 Å². The summed E-state index contributed by atoms with van der Waals surface area (Å²) in [5.41, 5.74) is -1.41. The Morgan fingerprint density at radius 3 is 2.70 bits per heavy atom. The number of H-pyrrole nitrogens is 1. The quantitative estimate of drug-likeness (QED) is 0.415. The zero-order valence-corrected chi connectivity index (χ0v) is 25.1. The van der Waals surface area contributed by atoms with Gasteiger partial charge in [-0.05, 0) is 64.0 Å². The summed E-state index contributed by atoms with van der Waals surface area (Å²) in [4.78, 5) is 20.4. The van der Waals surface area contributed by atoms with Crippen LogP contribution in [0.1, 0.15) is 68.4 Å². The maximum Gasteiger partial charge on any atom is 0.394 e. The summed E-state index contributed by atoms with van der Waals surface area (Å²) < 4.78 is 77.2. The molecule has 1 aliphatic carbocycles. The van der Waals surface area contributed by atoms with Crippen LogP contribution in [0.5, 0.6) is 5.88 Å². The molecule has 5 heterocycles. The van der Waals surface area contributed by atoms with Crippen LogP contribution < -0.4 is 19.0 Å². The summed E-state index contributed by atoms with van der Waals surface area (Å²) in [6.45, 7) is 6.97. The number of fused-ring (bicyclic) bond motifs is 6. The topological polar surface area (TPSA) is 126 Å². The molecule has 3 aromatic heterocycles. The molecule has 1 unspecified atom stereocenters. The van der Waals surface area contributed by atoms with Crippen molar-refractivity contribution in [3.05, 3.63) is 41.9 Å². The fraction of sp³-hybridized carbons (Fsp3) is 0.571. The van der Waals surface area contributed by atoms with Crippen LogP contribution >= 0.6 is 0 Å². The third-order valence-electron chi connectivity index (χ3n) is 9.03. The molecule has 0 spiro atoms. The van der Waals surface area contributed by atoms with Crippen molar-refractivity contribution < 1.29 is 35.8 Å². The number of nitrogens with one attached hydrogen (secondary N) is 2. The Morgan fingerprint density at radius 1 is 1.21 bits per heavy atom. The molecule has 1 atom stereocenters. The van der Waals surface area contributed by atoms with E-state index in [1.165, 1.54) is 16.9 Å². The minimum atomic E-state index is -4.24. The van der Waals surface area contributed by atoms with Gasteiger partial charge in [-0.1, -0.05) is 0 Å². The predicted octanol–water partition coefficient (Wildman–Crippen LogP) is 3.82. The number of carbonyl (C=O) groups excluding carboxylic acids is 1. The molecule has 4 bridgehead atoms. The molecule has 11 nitrogen and oxygen atoms in total. The molecule has 2 N–H and O–H groups in total. The van der Waals surface area contributed by atoms with Gasteiger partial charge in [0.15, 0.2) is 17.3 Å². The molecule has 1 saturated heterocycles. The van der Waals surface area contributed by atoms with Gasteiger partial charge in [0.05, 0.1) is 23.8 Å². The predicted molar refractivity (Wildman–Crippen MR) is 148 cm³/mol. The molecule has 43 heavy (non-hydrogen) atoms. The van der Waals surface area contributed by atoms with Gasteiger partial charge in [-0.3, -0.25) is 4.79 Å². The van der Waals surface area contributed by atoms with Gasteiger partial charge in [0, 0.05) is 37.7 Å². The number of amides is 1. The van der Waals surface area contributed by atoms with E-state index in [1.54, 1.807) is 29.9 Å². The minimum absolute atomic E-state index is 0.000410. The summed E-state index contributed by atoms with van der Waals surface area (Å²) in [5, 5.41) is 7.34. The molecule has 0 radical (unpaired) electrons. The monoisotopic (exact) mass is 622 g/mol. The summed E-state index contributed by atoms with van der Waals surface area (Å²) in [5.74, 6) is 0.357. The molecule has 0 aromatic carbocycles. The smallest absolute Gasteiger partial charge is 0.394 e. The Labute approximate surface area is 247 Å². The number of aromatic nitrogens is 5. The maximum absolute atomic E-state index is 13.5. The fourth-order valence-corrected chi connectivity index (χ4v) is 7.51. The Kier molecular flexibility index (Phi) is 7.01. The minimum Gasteiger partial charge on any atom is -0.477 e. The van der Waals surface area contributed by atoms with E-state index in [0.717, 1.165) is 19.3 Å². The number of sulfonamides is 1. The lowest BCUT2D eigenvalue weighted by atomic mass is 9.93. The average Bonchev–Trinajstić information content (AvgIpc) is 3.25. The number of anilines is 1. The van der Waals surface area contributed by atoms with Gasteiger partial charge in [-0.25, -0.2) is 22.8 Å². The Morgan fingerprint density at radius 2 is 1.98 bits per heavy atom. The second-order valence-corrected chi connectivity index (χ2v) is 14.1. The molecule has 2 fully saturated rings. The van der Waals surface area contributed by atoms with E-state index in [1.807, 2.05) is 4.90 Å². The van der Waals surface area contributed by atoms with Crippen molar-refractivity contribution in [2.75, 3.05) is 18.1 Å². The normalized spacial score (nSPS) is 22.4. The summed E-state index contributed by atoms with van der Waals surface area (Å²) in [6, 6.07) is 4.61. The van der Waals surface area contributed by atoms with Crippen molar-refractivity contribution in [2.24, 2.45) is 11.3 Å². The van der Waals surface area contributed by atoms with E-state index in [-0.39, 0.29) is 47.7 Å². The van der Waals surface area contributed by atoms with Crippen LogP contribution in [0.25, 0.3) is 5.82 Å². The SMILES string of the molecule is Cc1c2c[nH][n+]1CCCC1CN(c3nc(-n4ccc(OCCC5(C(F)(F)F)CC5)n4)ccc3C(=O)NS2(=O)=O)C(C)(C)C1. The maximum atomic E-state index is 13.5. The highest BCUT2D eigenvalue weighted by Crippen LogP contribution is 2.59. The van der Waals surface area contributed by atoms with Crippen LogP contribution in [0.3, 0.4) is 0 Å². The largest absolute Gasteiger partial charge is 0.477 e. The lowest BCUT2D eigenvalue weighted by Crippen LogP contribution is -2.41. The van der Waals surface area contributed by atoms with Gasteiger partial charge < -0.3 is 9.64 Å². The fourth-order valence-electron chi connectivity index (χ4n) is 6.34. The third kappa shape index (κ3) is 5.47. The number of aromatic amines is 1. The highest BCUT2D eigenvalue weighted by atomic mass is 32.2. The number of alkyl halides is 3. The molecule has 1 saturated carbocycles. The van der Waals surface area contributed by atoms with E-state index in [9.17, 15) is 26.4 Å². The molecular formula is C28H35F3N7O4S+. The van der Waals surface area contributed by atoms with Crippen LogP contribution in [0.4, 0.5) is 19.0 Å². The molecular weight excluding hydrogens is 587 g/mol. The number of carbonyl (C=O) groups is 1. The van der Waals surface area contributed by atoms with E-state index < -0.39 is 27.5 Å². The van der Waals surface area contributed by atoms with Gasteiger partial charge in [-0.15, -0.1) is 9.78 Å². The van der Waals surface area contributed by atoms with E-state index in [4.69, 9.17) is 9.72 Å². The number of ether oxygens (including phenoxy) is 1.